The molecule has 0 spiro atoms. The Bertz CT molecular complexity index is 503. The maximum Gasteiger partial charge on any atom is 0.123 e. The van der Waals surface area contributed by atoms with Gasteiger partial charge in [-0.2, -0.15) is 0 Å². The van der Waals surface area contributed by atoms with Crippen molar-refractivity contribution in [2.75, 3.05) is 5.32 Å². The SMILES string of the molecule is Cc1ccc(C)c(NCc2ccc(F)cc2)c1. The van der Waals surface area contributed by atoms with Crippen LogP contribution in [0.25, 0.3) is 0 Å². The predicted molar refractivity (Wildman–Crippen MR) is 69.6 cm³/mol. The zero-order valence-corrected chi connectivity index (χ0v) is 10.1. The molecule has 0 unspecified atom stereocenters. The first-order valence-corrected chi connectivity index (χ1v) is 5.71. The molecule has 1 nitrogen and oxygen atoms in total. The van der Waals surface area contributed by atoms with Gasteiger partial charge in [0, 0.05) is 12.2 Å². The van der Waals surface area contributed by atoms with Crippen molar-refractivity contribution in [3.8, 4) is 0 Å². The lowest BCUT2D eigenvalue weighted by molar-refractivity contribution is 0.627. The van der Waals surface area contributed by atoms with Gasteiger partial charge in [0.1, 0.15) is 5.82 Å². The normalized spacial score (nSPS) is 10.3. The third-order valence-corrected chi connectivity index (χ3v) is 2.79. The molecule has 0 atom stereocenters. The van der Waals surface area contributed by atoms with E-state index in [1.807, 2.05) is 0 Å². The van der Waals surface area contributed by atoms with Crippen LogP contribution in [0.15, 0.2) is 42.5 Å². The first-order valence-electron chi connectivity index (χ1n) is 5.71. The summed E-state index contributed by atoms with van der Waals surface area (Å²) >= 11 is 0. The van der Waals surface area contributed by atoms with E-state index in [1.54, 1.807) is 12.1 Å². The molecule has 0 aliphatic heterocycles. The third-order valence-electron chi connectivity index (χ3n) is 2.79. The van der Waals surface area contributed by atoms with Gasteiger partial charge in [0.2, 0.25) is 0 Å². The second-order valence-corrected chi connectivity index (χ2v) is 4.30. The number of nitrogens with one attached hydrogen (secondary N) is 1. The molecular formula is C15H16FN. The summed E-state index contributed by atoms with van der Waals surface area (Å²) in [7, 11) is 0. The van der Waals surface area contributed by atoms with Gasteiger partial charge in [-0.25, -0.2) is 4.39 Å². The van der Waals surface area contributed by atoms with Crippen molar-refractivity contribution >= 4 is 5.69 Å². The van der Waals surface area contributed by atoms with Crippen LogP contribution in [-0.4, -0.2) is 0 Å². The monoisotopic (exact) mass is 229 g/mol. The van der Waals surface area contributed by atoms with E-state index in [1.165, 1.54) is 23.3 Å². The average molecular weight is 229 g/mol. The van der Waals surface area contributed by atoms with Crippen molar-refractivity contribution in [2.24, 2.45) is 0 Å². The number of hydrogen-bond donors (Lipinski definition) is 1. The van der Waals surface area contributed by atoms with Gasteiger partial charge in [-0.05, 0) is 48.7 Å². The molecule has 0 heterocycles. The van der Waals surface area contributed by atoms with Crippen molar-refractivity contribution in [2.45, 2.75) is 20.4 Å². The first-order chi connectivity index (χ1) is 8.15. The summed E-state index contributed by atoms with van der Waals surface area (Å²) in [5, 5.41) is 3.37. The minimum atomic E-state index is -0.194. The average Bonchev–Trinajstić information content (AvgIpc) is 2.32. The summed E-state index contributed by atoms with van der Waals surface area (Å²) in [6.45, 7) is 4.86. The molecule has 17 heavy (non-hydrogen) atoms. The largest absolute Gasteiger partial charge is 0.381 e. The molecule has 2 aromatic rings. The van der Waals surface area contributed by atoms with Gasteiger partial charge >= 0.3 is 0 Å². The second-order valence-electron chi connectivity index (χ2n) is 4.30. The predicted octanol–water partition coefficient (Wildman–Crippen LogP) is 4.05. The molecule has 0 bridgehead atoms. The van der Waals surface area contributed by atoms with Gasteiger partial charge in [0.15, 0.2) is 0 Å². The second kappa shape index (κ2) is 5.00. The molecule has 0 radical (unpaired) electrons. The van der Waals surface area contributed by atoms with E-state index >= 15 is 0 Å². The fraction of sp³-hybridized carbons (Fsp3) is 0.200. The standard InChI is InChI=1S/C15H16FN/c1-11-3-4-12(2)15(9-11)17-10-13-5-7-14(16)8-6-13/h3-9,17H,10H2,1-2H3. The summed E-state index contributed by atoms with van der Waals surface area (Å²) in [5.74, 6) is -0.194. The Morgan fingerprint density at radius 2 is 1.71 bits per heavy atom. The summed E-state index contributed by atoms with van der Waals surface area (Å²) < 4.78 is 12.7. The lowest BCUT2D eigenvalue weighted by Crippen LogP contribution is -2.01. The molecule has 0 aliphatic carbocycles. The minimum Gasteiger partial charge on any atom is -0.381 e. The lowest BCUT2D eigenvalue weighted by atomic mass is 10.1. The molecular weight excluding hydrogens is 213 g/mol. The van der Waals surface area contributed by atoms with Crippen molar-refractivity contribution in [1.29, 1.82) is 0 Å². The Kier molecular flexibility index (Phi) is 3.43. The Morgan fingerprint density at radius 1 is 1.00 bits per heavy atom. The van der Waals surface area contributed by atoms with Crippen LogP contribution in [0.5, 0.6) is 0 Å². The van der Waals surface area contributed by atoms with Crippen molar-refractivity contribution in [3.63, 3.8) is 0 Å². The Morgan fingerprint density at radius 3 is 2.41 bits per heavy atom. The highest BCUT2D eigenvalue weighted by Gasteiger charge is 1.99. The van der Waals surface area contributed by atoms with E-state index in [2.05, 4.69) is 37.4 Å². The minimum absolute atomic E-state index is 0.194. The number of benzene rings is 2. The smallest absolute Gasteiger partial charge is 0.123 e. The summed E-state index contributed by atoms with van der Waals surface area (Å²) in [5.41, 5.74) is 4.66. The summed E-state index contributed by atoms with van der Waals surface area (Å²) in [4.78, 5) is 0. The highest BCUT2D eigenvalue weighted by atomic mass is 19.1. The van der Waals surface area contributed by atoms with E-state index in [0.717, 1.165) is 11.3 Å². The van der Waals surface area contributed by atoms with Gasteiger partial charge in [-0.3, -0.25) is 0 Å². The number of aryl methyl sites for hydroxylation is 2. The fourth-order valence-corrected chi connectivity index (χ4v) is 1.73. The van der Waals surface area contributed by atoms with Gasteiger partial charge < -0.3 is 5.32 Å². The molecule has 2 aromatic carbocycles. The van der Waals surface area contributed by atoms with Crippen LogP contribution < -0.4 is 5.32 Å². The molecule has 2 heteroatoms. The van der Waals surface area contributed by atoms with Gasteiger partial charge in [0.25, 0.3) is 0 Å². The molecule has 0 aromatic heterocycles. The van der Waals surface area contributed by atoms with E-state index in [0.29, 0.717) is 6.54 Å². The highest BCUT2D eigenvalue weighted by Crippen LogP contribution is 2.17. The van der Waals surface area contributed by atoms with E-state index < -0.39 is 0 Å². The molecule has 1 N–H and O–H groups in total. The Hall–Kier alpha value is -1.83. The van der Waals surface area contributed by atoms with E-state index in [4.69, 9.17) is 0 Å². The number of hydrogen-bond acceptors (Lipinski definition) is 1. The van der Waals surface area contributed by atoms with Crippen LogP contribution in [0.4, 0.5) is 10.1 Å². The quantitative estimate of drug-likeness (QED) is 0.837. The van der Waals surface area contributed by atoms with E-state index in [9.17, 15) is 4.39 Å². The third kappa shape index (κ3) is 3.06. The summed E-state index contributed by atoms with van der Waals surface area (Å²) in [6.07, 6.45) is 0. The van der Waals surface area contributed by atoms with Crippen LogP contribution in [0, 0.1) is 19.7 Å². The fourth-order valence-electron chi connectivity index (χ4n) is 1.73. The topological polar surface area (TPSA) is 12.0 Å². The molecule has 0 amide bonds. The molecule has 0 aliphatic rings. The van der Waals surface area contributed by atoms with Gasteiger partial charge in [-0.15, -0.1) is 0 Å². The van der Waals surface area contributed by atoms with Crippen molar-refractivity contribution < 1.29 is 4.39 Å². The maximum atomic E-state index is 12.7. The Balaban J connectivity index is 2.07. The van der Waals surface area contributed by atoms with Gasteiger partial charge in [-0.1, -0.05) is 24.3 Å². The highest BCUT2D eigenvalue weighted by molar-refractivity contribution is 5.52. The van der Waals surface area contributed by atoms with Crippen LogP contribution in [-0.2, 0) is 6.54 Å². The number of halogens is 1. The molecule has 0 saturated heterocycles. The molecule has 2 rings (SSSR count). The van der Waals surface area contributed by atoms with Crippen LogP contribution in [0.2, 0.25) is 0 Å². The van der Waals surface area contributed by atoms with Crippen molar-refractivity contribution in [1.82, 2.24) is 0 Å². The van der Waals surface area contributed by atoms with Crippen LogP contribution in [0.3, 0.4) is 0 Å². The van der Waals surface area contributed by atoms with Crippen molar-refractivity contribution in [3.05, 3.63) is 65.0 Å². The lowest BCUT2D eigenvalue weighted by Gasteiger charge is -2.10. The zero-order chi connectivity index (χ0) is 12.3. The van der Waals surface area contributed by atoms with Gasteiger partial charge in [0.05, 0.1) is 0 Å². The Labute approximate surface area is 101 Å². The molecule has 0 fully saturated rings. The summed E-state index contributed by atoms with van der Waals surface area (Å²) in [6, 6.07) is 12.9. The number of rotatable bonds is 3. The van der Waals surface area contributed by atoms with Crippen LogP contribution in [0.1, 0.15) is 16.7 Å². The number of anilines is 1. The first kappa shape index (κ1) is 11.6. The molecule has 0 saturated carbocycles. The maximum absolute atomic E-state index is 12.7. The molecule has 88 valence electrons. The van der Waals surface area contributed by atoms with Crippen LogP contribution >= 0.6 is 0 Å². The van der Waals surface area contributed by atoms with E-state index in [-0.39, 0.29) is 5.82 Å². The zero-order valence-electron chi connectivity index (χ0n) is 10.1.